The molecule has 0 fully saturated rings. The molecule has 0 saturated carbocycles. The molecule has 0 spiro atoms. The summed E-state index contributed by atoms with van der Waals surface area (Å²) < 4.78 is 65.1. The van der Waals surface area contributed by atoms with Crippen LogP contribution in [0.25, 0.3) is 0 Å². The standard InChI is InChI=1S/C13H17BrF3NO2S/c1-9(2)18(8-7-14)21(19,20)12-6-4-5-11(10(12)3)13(15,16)17/h4-6,9H,7-8H2,1-3H3. The molecule has 0 N–H and O–H groups in total. The van der Waals surface area contributed by atoms with E-state index in [4.69, 9.17) is 0 Å². The minimum atomic E-state index is -4.58. The number of hydrogen-bond donors (Lipinski definition) is 0. The minimum Gasteiger partial charge on any atom is -0.207 e. The third-order valence-corrected chi connectivity index (χ3v) is 5.63. The Balaban J connectivity index is 3.45. The summed E-state index contributed by atoms with van der Waals surface area (Å²) in [5.74, 6) is 0. The number of rotatable bonds is 5. The zero-order valence-corrected chi connectivity index (χ0v) is 14.3. The highest BCUT2D eigenvalue weighted by molar-refractivity contribution is 9.09. The molecule has 21 heavy (non-hydrogen) atoms. The number of benzene rings is 1. The van der Waals surface area contributed by atoms with Gasteiger partial charge in [0.2, 0.25) is 10.0 Å². The lowest BCUT2D eigenvalue weighted by atomic mass is 10.1. The van der Waals surface area contributed by atoms with Gasteiger partial charge in [0.05, 0.1) is 10.5 Å². The van der Waals surface area contributed by atoms with Crippen LogP contribution in [0.2, 0.25) is 0 Å². The van der Waals surface area contributed by atoms with Crippen LogP contribution in [0, 0.1) is 6.92 Å². The van der Waals surface area contributed by atoms with Gasteiger partial charge < -0.3 is 0 Å². The maximum atomic E-state index is 12.9. The van der Waals surface area contributed by atoms with E-state index in [2.05, 4.69) is 15.9 Å². The van der Waals surface area contributed by atoms with Gasteiger partial charge in [-0.1, -0.05) is 22.0 Å². The Bertz CT molecular complexity index is 600. The van der Waals surface area contributed by atoms with Crippen LogP contribution < -0.4 is 0 Å². The van der Waals surface area contributed by atoms with Crippen molar-refractivity contribution in [1.82, 2.24) is 4.31 Å². The number of hydrogen-bond acceptors (Lipinski definition) is 2. The predicted molar refractivity (Wildman–Crippen MR) is 79.0 cm³/mol. The van der Waals surface area contributed by atoms with Gasteiger partial charge in [-0.2, -0.15) is 17.5 Å². The Morgan fingerprint density at radius 2 is 1.86 bits per heavy atom. The Morgan fingerprint density at radius 3 is 2.29 bits per heavy atom. The molecule has 0 radical (unpaired) electrons. The number of alkyl halides is 4. The highest BCUT2D eigenvalue weighted by Crippen LogP contribution is 2.35. The van der Waals surface area contributed by atoms with E-state index in [0.717, 1.165) is 12.1 Å². The van der Waals surface area contributed by atoms with Crippen molar-refractivity contribution >= 4 is 26.0 Å². The van der Waals surface area contributed by atoms with Gasteiger partial charge in [-0.3, -0.25) is 0 Å². The van der Waals surface area contributed by atoms with Crippen molar-refractivity contribution in [3.8, 4) is 0 Å². The molecule has 8 heteroatoms. The molecule has 0 heterocycles. The molecule has 120 valence electrons. The SMILES string of the molecule is Cc1c(C(F)(F)F)cccc1S(=O)(=O)N(CCBr)C(C)C. The highest BCUT2D eigenvalue weighted by Gasteiger charge is 2.36. The maximum Gasteiger partial charge on any atom is 0.416 e. The van der Waals surface area contributed by atoms with Crippen LogP contribution in [0.3, 0.4) is 0 Å². The average Bonchev–Trinajstić information content (AvgIpc) is 2.33. The van der Waals surface area contributed by atoms with Crippen molar-refractivity contribution in [1.29, 1.82) is 0 Å². The summed E-state index contributed by atoms with van der Waals surface area (Å²) >= 11 is 3.16. The zero-order chi connectivity index (χ0) is 16.4. The van der Waals surface area contributed by atoms with Gasteiger partial charge in [0.25, 0.3) is 0 Å². The molecule has 1 aromatic carbocycles. The first kappa shape index (κ1) is 18.4. The van der Waals surface area contributed by atoms with E-state index in [1.165, 1.54) is 17.3 Å². The first-order valence-electron chi connectivity index (χ1n) is 6.28. The van der Waals surface area contributed by atoms with Crippen LogP contribution >= 0.6 is 15.9 Å². The molecule has 0 bridgehead atoms. The Labute approximate surface area is 131 Å². The second-order valence-electron chi connectivity index (χ2n) is 4.82. The van der Waals surface area contributed by atoms with Gasteiger partial charge in [-0.05, 0) is 38.5 Å². The molecular formula is C13H17BrF3NO2S. The topological polar surface area (TPSA) is 37.4 Å². The molecule has 0 unspecified atom stereocenters. The van der Waals surface area contributed by atoms with Gasteiger partial charge in [0.15, 0.2) is 0 Å². The fourth-order valence-electron chi connectivity index (χ4n) is 2.07. The molecule has 0 atom stereocenters. The maximum absolute atomic E-state index is 12.9. The first-order valence-corrected chi connectivity index (χ1v) is 8.84. The van der Waals surface area contributed by atoms with E-state index in [1.54, 1.807) is 13.8 Å². The summed E-state index contributed by atoms with van der Waals surface area (Å²) in [4.78, 5) is -0.299. The summed E-state index contributed by atoms with van der Waals surface area (Å²) in [6.07, 6.45) is -4.58. The summed E-state index contributed by atoms with van der Waals surface area (Å²) in [7, 11) is -3.97. The normalized spacial score (nSPS) is 13.2. The Kier molecular flexibility index (Phi) is 5.85. The summed E-state index contributed by atoms with van der Waals surface area (Å²) in [6.45, 7) is 4.74. The third kappa shape index (κ3) is 3.98. The van der Waals surface area contributed by atoms with E-state index in [0.29, 0.717) is 5.33 Å². The van der Waals surface area contributed by atoms with Crippen LogP contribution in [-0.4, -0.2) is 30.6 Å². The molecule has 1 aromatic rings. The zero-order valence-electron chi connectivity index (χ0n) is 11.9. The molecule has 0 amide bonds. The summed E-state index contributed by atoms with van der Waals surface area (Å²) in [5.41, 5.74) is -1.20. The molecule has 1 rings (SSSR count). The summed E-state index contributed by atoms with van der Waals surface area (Å²) in [5, 5.41) is 0.405. The minimum absolute atomic E-state index is 0.190. The second-order valence-corrected chi connectivity index (χ2v) is 7.48. The quantitative estimate of drug-likeness (QED) is 0.720. The van der Waals surface area contributed by atoms with Crippen molar-refractivity contribution in [2.24, 2.45) is 0 Å². The molecular weight excluding hydrogens is 371 g/mol. The van der Waals surface area contributed by atoms with Gasteiger partial charge >= 0.3 is 6.18 Å². The van der Waals surface area contributed by atoms with Crippen molar-refractivity contribution in [2.75, 3.05) is 11.9 Å². The average molecular weight is 388 g/mol. The highest BCUT2D eigenvalue weighted by atomic mass is 79.9. The molecule has 0 saturated heterocycles. The molecule has 0 aliphatic rings. The molecule has 0 aliphatic carbocycles. The van der Waals surface area contributed by atoms with Gasteiger partial charge in [0, 0.05) is 17.9 Å². The van der Waals surface area contributed by atoms with Crippen LogP contribution in [0.4, 0.5) is 13.2 Å². The monoisotopic (exact) mass is 387 g/mol. The van der Waals surface area contributed by atoms with Crippen molar-refractivity contribution in [2.45, 2.75) is 37.9 Å². The second kappa shape index (κ2) is 6.66. The van der Waals surface area contributed by atoms with Gasteiger partial charge in [-0.25, -0.2) is 8.42 Å². The molecule has 0 aromatic heterocycles. The first-order chi connectivity index (χ1) is 9.53. The number of sulfonamides is 1. The van der Waals surface area contributed by atoms with Crippen LogP contribution in [0.1, 0.15) is 25.0 Å². The van der Waals surface area contributed by atoms with E-state index < -0.39 is 21.8 Å². The lowest BCUT2D eigenvalue weighted by Crippen LogP contribution is -2.38. The molecule has 0 aliphatic heterocycles. The Hall–Kier alpha value is -0.600. The molecule has 3 nitrogen and oxygen atoms in total. The fraction of sp³-hybridized carbons (Fsp3) is 0.538. The fourth-order valence-corrected chi connectivity index (χ4v) is 4.57. The number of halogens is 4. The van der Waals surface area contributed by atoms with E-state index in [-0.39, 0.29) is 23.0 Å². The van der Waals surface area contributed by atoms with Crippen molar-refractivity contribution in [3.05, 3.63) is 29.3 Å². The largest absolute Gasteiger partial charge is 0.416 e. The van der Waals surface area contributed by atoms with E-state index in [1.807, 2.05) is 0 Å². The van der Waals surface area contributed by atoms with E-state index >= 15 is 0 Å². The van der Waals surface area contributed by atoms with Gasteiger partial charge in [0.1, 0.15) is 0 Å². The predicted octanol–water partition coefficient (Wildman–Crippen LogP) is 3.81. The van der Waals surface area contributed by atoms with Crippen molar-refractivity contribution < 1.29 is 21.6 Å². The van der Waals surface area contributed by atoms with Crippen LogP contribution in [-0.2, 0) is 16.2 Å². The lowest BCUT2D eigenvalue weighted by Gasteiger charge is -2.26. The lowest BCUT2D eigenvalue weighted by molar-refractivity contribution is -0.138. The van der Waals surface area contributed by atoms with E-state index in [9.17, 15) is 21.6 Å². The summed E-state index contributed by atoms with van der Waals surface area (Å²) in [6, 6.07) is 2.87. The van der Waals surface area contributed by atoms with Crippen LogP contribution in [0.15, 0.2) is 23.1 Å². The van der Waals surface area contributed by atoms with Crippen molar-refractivity contribution in [3.63, 3.8) is 0 Å². The van der Waals surface area contributed by atoms with Gasteiger partial charge in [-0.15, -0.1) is 0 Å². The number of nitrogens with zero attached hydrogens (tertiary/aromatic N) is 1. The third-order valence-electron chi connectivity index (χ3n) is 3.06. The smallest absolute Gasteiger partial charge is 0.207 e. The van der Waals surface area contributed by atoms with Crippen LogP contribution in [0.5, 0.6) is 0 Å². The Morgan fingerprint density at radius 1 is 1.29 bits per heavy atom.